The number of unbranched alkanes of at least 4 members (excludes halogenated alkanes) is 23. The summed E-state index contributed by atoms with van der Waals surface area (Å²) in [5, 5.41) is 120. The van der Waals surface area contributed by atoms with Crippen LogP contribution < -0.4 is 5.32 Å². The highest BCUT2D eigenvalue weighted by molar-refractivity contribution is 5.76. The van der Waals surface area contributed by atoms with E-state index in [-0.39, 0.29) is 18.9 Å². The number of ether oxygens (including phenoxy) is 6. The third kappa shape index (κ3) is 22.7. The molecule has 17 atom stereocenters. The molecule has 0 bridgehead atoms. The molecular weight excluding hydrogens is 927 g/mol. The minimum atomic E-state index is -1.97. The van der Waals surface area contributed by atoms with Gasteiger partial charge in [-0.05, 0) is 19.3 Å². The van der Waals surface area contributed by atoms with Gasteiger partial charge in [0.05, 0.1) is 38.6 Å². The number of nitrogens with one attached hydrogen (secondary N) is 1. The number of amides is 1. The fourth-order valence-electron chi connectivity index (χ4n) is 9.48. The largest absolute Gasteiger partial charge is 0.394 e. The smallest absolute Gasteiger partial charge is 0.220 e. The third-order valence-electron chi connectivity index (χ3n) is 14.1. The zero-order chi connectivity index (χ0) is 52.0. The Morgan fingerprint density at radius 3 is 1.32 bits per heavy atom. The van der Waals surface area contributed by atoms with Gasteiger partial charge in [0.2, 0.25) is 5.91 Å². The van der Waals surface area contributed by atoms with Crippen LogP contribution in [-0.4, -0.2) is 193 Å². The van der Waals surface area contributed by atoms with E-state index in [2.05, 4.69) is 19.2 Å². The lowest BCUT2D eigenvalue weighted by Gasteiger charge is -2.48. The van der Waals surface area contributed by atoms with Crippen molar-refractivity contribution in [2.45, 2.75) is 285 Å². The number of carbonyl (C=O) groups excluding carboxylic acids is 1. The Balaban J connectivity index is 1.55. The van der Waals surface area contributed by atoms with Gasteiger partial charge in [0.1, 0.15) is 73.2 Å². The van der Waals surface area contributed by atoms with Crippen molar-refractivity contribution < 1.29 is 89.4 Å². The highest BCUT2D eigenvalue weighted by atomic mass is 16.8. The molecule has 19 heteroatoms. The molecule has 0 aromatic rings. The minimum Gasteiger partial charge on any atom is -0.394 e. The van der Waals surface area contributed by atoms with E-state index >= 15 is 0 Å². The topological polar surface area (TPSA) is 307 Å². The Morgan fingerprint density at radius 2 is 0.873 bits per heavy atom. The molecule has 0 aliphatic carbocycles. The molecule has 71 heavy (non-hydrogen) atoms. The average molecular weight is 1020 g/mol. The molecule has 0 aromatic heterocycles. The molecule has 3 saturated heterocycles. The predicted octanol–water partition coefficient (Wildman–Crippen LogP) is 3.04. The van der Waals surface area contributed by atoms with Gasteiger partial charge >= 0.3 is 0 Å². The average Bonchev–Trinajstić information content (AvgIpc) is 3.36. The van der Waals surface area contributed by atoms with Crippen LogP contribution in [0.4, 0.5) is 0 Å². The molecule has 1 amide bonds. The van der Waals surface area contributed by atoms with Gasteiger partial charge in [-0.3, -0.25) is 4.79 Å². The molecule has 3 rings (SSSR count). The molecule has 3 heterocycles. The molecule has 0 spiro atoms. The van der Waals surface area contributed by atoms with Crippen molar-refractivity contribution in [3.8, 4) is 0 Å². The first-order valence-electron chi connectivity index (χ1n) is 27.4. The Hall–Kier alpha value is -1.47. The quantitative estimate of drug-likeness (QED) is 0.0311. The molecule has 0 saturated carbocycles. The molecule has 12 N–H and O–H groups in total. The number of carbonyl (C=O) groups is 1. The zero-order valence-corrected chi connectivity index (χ0v) is 43.0. The predicted molar refractivity (Wildman–Crippen MR) is 263 cm³/mol. The minimum absolute atomic E-state index is 0.247. The molecule has 19 nitrogen and oxygen atoms in total. The summed E-state index contributed by atoms with van der Waals surface area (Å²) in [6.07, 6.45) is 6.36. The normalized spacial score (nSPS) is 32.3. The van der Waals surface area contributed by atoms with E-state index in [1.165, 1.54) is 109 Å². The first-order valence-corrected chi connectivity index (χ1v) is 27.4. The zero-order valence-electron chi connectivity index (χ0n) is 43.0. The van der Waals surface area contributed by atoms with Crippen LogP contribution in [-0.2, 0) is 33.2 Å². The maximum Gasteiger partial charge on any atom is 0.220 e. The van der Waals surface area contributed by atoms with Crippen molar-refractivity contribution in [3.63, 3.8) is 0 Å². The van der Waals surface area contributed by atoms with Crippen LogP contribution in [0.15, 0.2) is 12.2 Å². The summed E-state index contributed by atoms with van der Waals surface area (Å²) in [6.45, 7) is 1.69. The number of aliphatic hydroxyl groups is 11. The fraction of sp³-hybridized carbons (Fsp3) is 0.942. The maximum atomic E-state index is 13.2. The van der Waals surface area contributed by atoms with Crippen LogP contribution in [0.3, 0.4) is 0 Å². The van der Waals surface area contributed by atoms with Crippen molar-refractivity contribution in [2.75, 3.05) is 26.4 Å². The molecule has 3 fully saturated rings. The lowest BCUT2D eigenvalue weighted by atomic mass is 9.96. The number of rotatable bonds is 39. The number of hydrogen-bond acceptors (Lipinski definition) is 18. The number of aliphatic hydroxyl groups excluding tert-OH is 11. The van der Waals surface area contributed by atoms with E-state index in [0.29, 0.717) is 6.42 Å². The maximum absolute atomic E-state index is 13.2. The number of hydrogen-bond donors (Lipinski definition) is 12. The van der Waals surface area contributed by atoms with Gasteiger partial charge in [-0.1, -0.05) is 167 Å². The molecule has 418 valence electrons. The Labute approximate surface area is 423 Å². The van der Waals surface area contributed by atoms with Crippen LogP contribution in [0.1, 0.15) is 181 Å². The molecule has 0 aromatic carbocycles. The monoisotopic (exact) mass is 1020 g/mol. The standard InChI is InChI=1S/C52H97NO18/c1-3-5-7-9-11-13-15-16-17-18-20-21-23-25-27-29-36(57)35(53-40(58)30-28-26-24-22-19-14-12-10-8-6-4-2)34-66-50-46(64)43(61)48(38(32-55)68-50)71-52-47(65)44(62)49(39(33-56)69-52)70-51-45(63)42(60)41(59)37(31-54)67-51/h27,29,35-39,41-52,54-57,59-65H,3-26,28,30-34H2,1-2H3,(H,53,58)/b29-27+. The second-order valence-electron chi connectivity index (χ2n) is 20.1. The van der Waals surface area contributed by atoms with E-state index in [1.54, 1.807) is 6.08 Å². The Kier molecular flexibility index (Phi) is 33.5. The van der Waals surface area contributed by atoms with Crippen molar-refractivity contribution in [3.05, 3.63) is 12.2 Å². The second kappa shape index (κ2) is 37.3. The lowest BCUT2D eigenvalue weighted by molar-refractivity contribution is -0.379. The summed E-state index contributed by atoms with van der Waals surface area (Å²) in [5.74, 6) is -0.277. The lowest BCUT2D eigenvalue weighted by Crippen LogP contribution is -2.66. The van der Waals surface area contributed by atoms with Gasteiger partial charge in [0, 0.05) is 6.42 Å². The Bertz CT molecular complexity index is 1360. The van der Waals surface area contributed by atoms with Gasteiger partial charge in [-0.25, -0.2) is 0 Å². The molecule has 3 aliphatic heterocycles. The van der Waals surface area contributed by atoms with Crippen molar-refractivity contribution in [2.24, 2.45) is 0 Å². The molecule has 3 aliphatic rings. The highest BCUT2D eigenvalue weighted by Gasteiger charge is 2.53. The van der Waals surface area contributed by atoms with Crippen molar-refractivity contribution in [1.82, 2.24) is 5.32 Å². The summed E-state index contributed by atoms with van der Waals surface area (Å²) < 4.78 is 34.1. The van der Waals surface area contributed by atoms with Gasteiger partial charge in [0.15, 0.2) is 18.9 Å². The van der Waals surface area contributed by atoms with Crippen LogP contribution in [0.2, 0.25) is 0 Å². The first kappa shape index (κ1) is 63.8. The van der Waals surface area contributed by atoms with E-state index in [0.717, 1.165) is 44.9 Å². The molecular formula is C52H97NO18. The first-order chi connectivity index (χ1) is 34.3. The summed E-state index contributed by atoms with van der Waals surface area (Å²) in [7, 11) is 0. The highest BCUT2D eigenvalue weighted by Crippen LogP contribution is 2.33. The Morgan fingerprint density at radius 1 is 0.493 bits per heavy atom. The van der Waals surface area contributed by atoms with E-state index < -0.39 is 124 Å². The molecule has 0 radical (unpaired) electrons. The van der Waals surface area contributed by atoms with E-state index in [4.69, 9.17) is 28.4 Å². The second-order valence-corrected chi connectivity index (χ2v) is 20.1. The summed E-state index contributed by atoms with van der Waals surface area (Å²) in [5.41, 5.74) is 0. The molecule has 17 unspecified atom stereocenters. The van der Waals surface area contributed by atoms with Gasteiger partial charge in [-0.2, -0.15) is 0 Å². The summed E-state index contributed by atoms with van der Waals surface area (Å²) in [6, 6.07) is -0.964. The number of allylic oxidation sites excluding steroid dienone is 1. The van der Waals surface area contributed by atoms with Gasteiger partial charge < -0.3 is 89.9 Å². The van der Waals surface area contributed by atoms with Crippen molar-refractivity contribution >= 4 is 5.91 Å². The SMILES string of the molecule is CCCCCCCCCCCCCCC/C=C/C(O)C(COC1OC(CO)C(OC2OC(CO)C(OC3OC(CO)C(O)C(O)C3O)C(O)C2O)C(O)C1O)NC(=O)CCCCCCCCCCCCC. The fourth-order valence-corrected chi connectivity index (χ4v) is 9.48. The van der Waals surface area contributed by atoms with Crippen LogP contribution in [0.5, 0.6) is 0 Å². The van der Waals surface area contributed by atoms with Gasteiger partial charge in [0.25, 0.3) is 0 Å². The van der Waals surface area contributed by atoms with E-state index in [1.807, 2.05) is 6.08 Å². The van der Waals surface area contributed by atoms with E-state index in [9.17, 15) is 61.0 Å². The summed E-state index contributed by atoms with van der Waals surface area (Å²) in [4.78, 5) is 13.2. The third-order valence-corrected chi connectivity index (χ3v) is 14.1. The van der Waals surface area contributed by atoms with Gasteiger partial charge in [-0.15, -0.1) is 0 Å². The van der Waals surface area contributed by atoms with Crippen LogP contribution >= 0.6 is 0 Å². The summed E-state index contributed by atoms with van der Waals surface area (Å²) >= 11 is 0. The van der Waals surface area contributed by atoms with Crippen LogP contribution in [0.25, 0.3) is 0 Å². The van der Waals surface area contributed by atoms with Crippen molar-refractivity contribution in [1.29, 1.82) is 0 Å². The van der Waals surface area contributed by atoms with Crippen LogP contribution in [0, 0.1) is 0 Å².